The lowest BCUT2D eigenvalue weighted by Gasteiger charge is -2.16. The maximum Gasteiger partial charge on any atom is 0.132 e. The number of ether oxygens (including phenoxy) is 1. The smallest absolute Gasteiger partial charge is 0.132 e. The predicted molar refractivity (Wildman–Crippen MR) is 83.2 cm³/mol. The molecular weight excluding hydrogens is 380 g/mol. The first kappa shape index (κ1) is 14.6. The van der Waals surface area contributed by atoms with Gasteiger partial charge in [-0.2, -0.15) is 0 Å². The molecule has 19 heavy (non-hydrogen) atoms. The first-order valence-electron chi connectivity index (χ1n) is 5.57. The van der Waals surface area contributed by atoms with E-state index in [9.17, 15) is 4.39 Å². The molecule has 2 rings (SSSR count). The molecule has 0 heterocycles. The van der Waals surface area contributed by atoms with Crippen LogP contribution in [0.3, 0.4) is 0 Å². The quantitative estimate of drug-likeness (QED) is 0.798. The van der Waals surface area contributed by atoms with Crippen LogP contribution in [-0.2, 0) is 0 Å². The zero-order chi connectivity index (χ0) is 14.0. The second-order valence-electron chi connectivity index (χ2n) is 4.03. The van der Waals surface area contributed by atoms with Gasteiger partial charge in [-0.25, -0.2) is 4.39 Å². The van der Waals surface area contributed by atoms with E-state index in [1.807, 2.05) is 6.07 Å². The molecule has 2 aromatic carbocycles. The molecule has 0 aromatic heterocycles. The zero-order valence-corrected chi connectivity index (χ0v) is 13.1. The van der Waals surface area contributed by atoms with Crippen molar-refractivity contribution in [2.75, 3.05) is 7.11 Å². The fourth-order valence-electron chi connectivity index (χ4n) is 1.81. The molecule has 0 aliphatic heterocycles. The zero-order valence-electron chi connectivity index (χ0n) is 10.2. The Morgan fingerprint density at radius 3 is 2.58 bits per heavy atom. The molecule has 0 aliphatic carbocycles. The summed E-state index contributed by atoms with van der Waals surface area (Å²) in [5.41, 5.74) is 7.35. The Balaban J connectivity index is 2.43. The minimum atomic E-state index is -0.559. The normalized spacial score (nSPS) is 12.3. The Bertz CT molecular complexity index is 606. The van der Waals surface area contributed by atoms with Crippen LogP contribution in [0.4, 0.5) is 4.39 Å². The minimum absolute atomic E-state index is 0.386. The minimum Gasteiger partial charge on any atom is -0.497 e. The molecule has 2 nitrogen and oxygen atoms in total. The lowest BCUT2D eigenvalue weighted by atomic mass is 9.99. The van der Waals surface area contributed by atoms with Gasteiger partial charge in [0.05, 0.1) is 13.2 Å². The van der Waals surface area contributed by atoms with Crippen molar-refractivity contribution in [2.45, 2.75) is 6.04 Å². The van der Waals surface area contributed by atoms with Gasteiger partial charge in [0, 0.05) is 20.2 Å². The average molecular weight is 392 g/mol. The monoisotopic (exact) mass is 391 g/mol. The molecule has 0 bridgehead atoms. The summed E-state index contributed by atoms with van der Waals surface area (Å²) in [6.07, 6.45) is 0. The third kappa shape index (κ3) is 3.19. The van der Waals surface area contributed by atoms with Crippen LogP contribution in [0.25, 0.3) is 0 Å². The summed E-state index contributed by atoms with van der Waals surface area (Å²) in [4.78, 5) is 0. The van der Waals surface area contributed by atoms with E-state index >= 15 is 0 Å². The van der Waals surface area contributed by atoms with E-state index in [0.717, 1.165) is 9.13 Å². The highest BCUT2D eigenvalue weighted by Crippen LogP contribution is 2.29. The van der Waals surface area contributed by atoms with E-state index < -0.39 is 6.04 Å². The molecule has 0 saturated heterocycles. The summed E-state index contributed by atoms with van der Waals surface area (Å²) in [5, 5.41) is 0.583. The number of rotatable bonds is 3. The van der Waals surface area contributed by atoms with Crippen LogP contribution in [-0.4, -0.2) is 7.11 Å². The summed E-state index contributed by atoms with van der Waals surface area (Å²) in [6, 6.07) is 9.50. The first-order valence-corrected chi connectivity index (χ1v) is 7.02. The predicted octanol–water partition coefficient (Wildman–Crippen LogP) is 4.14. The number of hydrogen-bond acceptors (Lipinski definition) is 2. The van der Waals surface area contributed by atoms with Gasteiger partial charge in [0.15, 0.2) is 0 Å². The lowest BCUT2D eigenvalue weighted by molar-refractivity contribution is 0.410. The molecule has 5 heteroatoms. The highest BCUT2D eigenvalue weighted by Gasteiger charge is 2.17. The second-order valence-corrected chi connectivity index (χ2v) is 5.63. The van der Waals surface area contributed by atoms with Gasteiger partial charge in [-0.1, -0.05) is 17.7 Å². The van der Waals surface area contributed by atoms with Crippen molar-refractivity contribution in [1.82, 2.24) is 0 Å². The van der Waals surface area contributed by atoms with Crippen molar-refractivity contribution in [3.63, 3.8) is 0 Å². The highest BCUT2D eigenvalue weighted by molar-refractivity contribution is 14.1. The summed E-state index contributed by atoms with van der Waals surface area (Å²) >= 11 is 8.12. The molecule has 0 saturated carbocycles. The van der Waals surface area contributed by atoms with Gasteiger partial charge in [-0.05, 0) is 52.4 Å². The SMILES string of the molecule is COc1ccc(C(N)c2cc(Cl)ccc2I)c(F)c1. The molecule has 100 valence electrons. The third-order valence-corrected chi connectivity index (χ3v) is 4.05. The Kier molecular flexibility index (Phi) is 4.65. The Labute approximate surface area is 129 Å². The fourth-order valence-corrected chi connectivity index (χ4v) is 2.66. The number of halogens is 3. The van der Waals surface area contributed by atoms with E-state index in [0.29, 0.717) is 16.3 Å². The van der Waals surface area contributed by atoms with E-state index in [1.165, 1.54) is 13.2 Å². The molecule has 1 atom stereocenters. The Hall–Kier alpha value is -0.850. The second kappa shape index (κ2) is 6.07. The third-order valence-electron chi connectivity index (χ3n) is 2.84. The molecule has 0 spiro atoms. The van der Waals surface area contributed by atoms with Gasteiger partial charge in [0.1, 0.15) is 11.6 Å². The number of nitrogens with two attached hydrogens (primary N) is 1. The highest BCUT2D eigenvalue weighted by atomic mass is 127. The molecule has 1 unspecified atom stereocenters. The van der Waals surface area contributed by atoms with Gasteiger partial charge in [-0.15, -0.1) is 0 Å². The molecule has 2 N–H and O–H groups in total. The van der Waals surface area contributed by atoms with Crippen LogP contribution in [0.1, 0.15) is 17.2 Å². The molecule has 0 fully saturated rings. The van der Waals surface area contributed by atoms with Crippen LogP contribution < -0.4 is 10.5 Å². The van der Waals surface area contributed by atoms with Gasteiger partial charge in [0.25, 0.3) is 0 Å². The van der Waals surface area contributed by atoms with Crippen LogP contribution >= 0.6 is 34.2 Å². The first-order chi connectivity index (χ1) is 9.02. The van der Waals surface area contributed by atoms with Crippen molar-refractivity contribution >= 4 is 34.2 Å². The van der Waals surface area contributed by atoms with Crippen molar-refractivity contribution in [1.29, 1.82) is 0 Å². The van der Waals surface area contributed by atoms with Gasteiger partial charge < -0.3 is 10.5 Å². The summed E-state index contributed by atoms with van der Waals surface area (Å²) in [7, 11) is 1.49. The molecule has 2 aromatic rings. The maximum absolute atomic E-state index is 14.0. The average Bonchev–Trinajstić information content (AvgIpc) is 2.40. The standard InChI is InChI=1S/C14H12ClFINO/c1-19-9-3-4-10(12(16)7-9)14(18)11-6-8(15)2-5-13(11)17/h2-7,14H,18H2,1H3. The number of hydrogen-bond donors (Lipinski definition) is 1. The van der Waals surface area contributed by atoms with Crippen molar-refractivity contribution in [2.24, 2.45) is 5.73 Å². The van der Waals surface area contributed by atoms with Crippen LogP contribution in [0, 0.1) is 9.39 Å². The van der Waals surface area contributed by atoms with E-state index in [-0.39, 0.29) is 5.82 Å². The summed E-state index contributed by atoms with van der Waals surface area (Å²) in [6.45, 7) is 0. The molecule has 0 amide bonds. The maximum atomic E-state index is 14.0. The van der Waals surface area contributed by atoms with Crippen molar-refractivity contribution < 1.29 is 9.13 Å². The molecular formula is C14H12ClFINO. The van der Waals surface area contributed by atoms with Gasteiger partial charge >= 0.3 is 0 Å². The van der Waals surface area contributed by atoms with Crippen molar-refractivity contribution in [3.05, 3.63) is 61.9 Å². The topological polar surface area (TPSA) is 35.2 Å². The van der Waals surface area contributed by atoms with Crippen LogP contribution in [0.15, 0.2) is 36.4 Å². The number of methoxy groups -OCH3 is 1. The largest absolute Gasteiger partial charge is 0.497 e. The number of benzene rings is 2. The van der Waals surface area contributed by atoms with Crippen molar-refractivity contribution in [3.8, 4) is 5.75 Å². The van der Waals surface area contributed by atoms with Gasteiger partial charge in [0.2, 0.25) is 0 Å². The Morgan fingerprint density at radius 1 is 1.21 bits per heavy atom. The van der Waals surface area contributed by atoms with E-state index in [1.54, 1.807) is 24.3 Å². The van der Waals surface area contributed by atoms with E-state index in [4.69, 9.17) is 22.1 Å². The molecule has 0 radical (unpaired) electrons. The van der Waals surface area contributed by atoms with Gasteiger partial charge in [-0.3, -0.25) is 0 Å². The summed E-state index contributed by atoms with van der Waals surface area (Å²) < 4.78 is 19.9. The van der Waals surface area contributed by atoms with Crippen LogP contribution in [0.2, 0.25) is 5.02 Å². The fraction of sp³-hybridized carbons (Fsp3) is 0.143. The molecule has 0 aliphatic rings. The lowest BCUT2D eigenvalue weighted by Crippen LogP contribution is -2.15. The Morgan fingerprint density at radius 2 is 1.95 bits per heavy atom. The van der Waals surface area contributed by atoms with E-state index in [2.05, 4.69) is 22.6 Å². The summed E-state index contributed by atoms with van der Waals surface area (Å²) in [5.74, 6) is 0.0804. The van der Waals surface area contributed by atoms with Crippen LogP contribution in [0.5, 0.6) is 5.75 Å².